The average Bonchev–Trinajstić information content (AvgIpc) is 2.69. The Morgan fingerprint density at radius 3 is 2.57 bits per heavy atom. The van der Waals surface area contributed by atoms with Crippen molar-refractivity contribution in [1.29, 1.82) is 0 Å². The van der Waals surface area contributed by atoms with E-state index in [1.54, 1.807) is 11.6 Å². The number of nitrogen functional groups attached to an aromatic ring is 1. The Bertz CT molecular complexity index is 630. The van der Waals surface area contributed by atoms with Gasteiger partial charge in [-0.1, -0.05) is 12.1 Å². The first kappa shape index (κ1) is 15.1. The fourth-order valence-corrected chi connectivity index (χ4v) is 2.31. The minimum absolute atomic E-state index is 0.155. The predicted octanol–water partition coefficient (Wildman–Crippen LogP) is 2.24. The molecule has 0 bridgehead atoms. The van der Waals surface area contributed by atoms with Gasteiger partial charge in [0.15, 0.2) is 0 Å². The molecule has 0 radical (unpaired) electrons. The van der Waals surface area contributed by atoms with Crippen LogP contribution in [0.25, 0.3) is 0 Å². The minimum atomic E-state index is -0.262. The molecule has 0 saturated heterocycles. The second kappa shape index (κ2) is 6.43. The third-order valence-corrected chi connectivity index (χ3v) is 3.48. The molecule has 0 saturated carbocycles. The number of hydrogen-bond donors (Lipinski definition) is 1. The van der Waals surface area contributed by atoms with E-state index in [0.29, 0.717) is 6.61 Å². The second-order valence-electron chi connectivity index (χ2n) is 5.03. The lowest BCUT2D eigenvalue weighted by atomic mass is 10.0. The fraction of sp³-hybridized carbons (Fsp3) is 0.375. The van der Waals surface area contributed by atoms with Crippen LogP contribution in [-0.4, -0.2) is 22.4 Å². The first-order valence-corrected chi connectivity index (χ1v) is 7.04. The lowest BCUT2D eigenvalue weighted by molar-refractivity contribution is -0.144. The molecule has 0 unspecified atom stereocenters. The van der Waals surface area contributed by atoms with Crippen LogP contribution < -0.4 is 5.73 Å². The third kappa shape index (κ3) is 3.62. The molecule has 2 aromatic rings. The number of carbonyl (C=O) groups excluding carboxylic acids is 1. The van der Waals surface area contributed by atoms with Gasteiger partial charge in [-0.15, -0.1) is 0 Å². The van der Waals surface area contributed by atoms with Crippen LogP contribution in [0.1, 0.15) is 29.4 Å². The average molecular weight is 287 g/mol. The topological polar surface area (TPSA) is 70.1 Å². The van der Waals surface area contributed by atoms with Crippen LogP contribution in [0.2, 0.25) is 0 Å². The van der Waals surface area contributed by atoms with E-state index in [1.807, 2.05) is 38.1 Å². The number of aromatic nitrogens is 2. The first-order chi connectivity index (χ1) is 10.0. The summed E-state index contributed by atoms with van der Waals surface area (Å²) in [5.41, 5.74) is 10.7. The highest BCUT2D eigenvalue weighted by atomic mass is 16.5. The van der Waals surface area contributed by atoms with Crippen molar-refractivity contribution < 1.29 is 9.53 Å². The van der Waals surface area contributed by atoms with Crippen molar-refractivity contribution >= 4 is 11.7 Å². The summed E-state index contributed by atoms with van der Waals surface area (Å²) < 4.78 is 6.68. The minimum Gasteiger partial charge on any atom is -0.465 e. The maximum atomic E-state index is 11.6. The first-order valence-electron chi connectivity index (χ1n) is 7.04. The van der Waals surface area contributed by atoms with E-state index in [0.717, 1.165) is 29.1 Å². The Kier molecular flexibility index (Phi) is 4.62. The molecule has 0 amide bonds. The summed E-state index contributed by atoms with van der Waals surface area (Å²) in [4.78, 5) is 11.6. The molecule has 0 atom stereocenters. The molecule has 2 N–H and O–H groups in total. The number of hydrogen-bond acceptors (Lipinski definition) is 4. The maximum Gasteiger partial charge on any atom is 0.327 e. The molecule has 0 aliphatic heterocycles. The predicted molar refractivity (Wildman–Crippen MR) is 82.0 cm³/mol. The molecule has 1 aromatic carbocycles. The molecule has 0 fully saturated rings. The zero-order valence-corrected chi connectivity index (χ0v) is 12.7. The lowest BCUT2D eigenvalue weighted by Crippen LogP contribution is -2.15. The van der Waals surface area contributed by atoms with E-state index >= 15 is 0 Å². The van der Waals surface area contributed by atoms with Gasteiger partial charge in [0.05, 0.1) is 12.3 Å². The number of rotatable bonds is 5. The molecule has 0 spiro atoms. The van der Waals surface area contributed by atoms with Crippen molar-refractivity contribution in [3.63, 3.8) is 0 Å². The highest BCUT2D eigenvalue weighted by molar-refractivity contribution is 5.69. The van der Waals surface area contributed by atoms with Crippen molar-refractivity contribution in [2.45, 2.75) is 33.7 Å². The zero-order valence-electron chi connectivity index (χ0n) is 12.7. The summed E-state index contributed by atoms with van der Waals surface area (Å²) in [7, 11) is 0. The highest BCUT2D eigenvalue weighted by Crippen LogP contribution is 2.18. The normalized spacial score (nSPS) is 10.6. The molecule has 1 aromatic heterocycles. The molecule has 21 heavy (non-hydrogen) atoms. The van der Waals surface area contributed by atoms with Crippen LogP contribution in [0.15, 0.2) is 24.3 Å². The van der Waals surface area contributed by atoms with E-state index in [9.17, 15) is 4.79 Å². The van der Waals surface area contributed by atoms with Gasteiger partial charge in [-0.25, -0.2) is 0 Å². The summed E-state index contributed by atoms with van der Waals surface area (Å²) >= 11 is 0. The number of benzene rings is 1. The Hall–Kier alpha value is -2.30. The number of ether oxygens (including phenoxy) is 1. The van der Waals surface area contributed by atoms with Crippen molar-refractivity contribution in [2.24, 2.45) is 0 Å². The van der Waals surface area contributed by atoms with Gasteiger partial charge in [-0.3, -0.25) is 9.48 Å². The lowest BCUT2D eigenvalue weighted by Gasteiger charge is -2.06. The summed E-state index contributed by atoms with van der Waals surface area (Å²) in [5, 5.41) is 4.44. The van der Waals surface area contributed by atoms with Gasteiger partial charge >= 0.3 is 5.97 Å². The molecule has 5 nitrogen and oxygen atoms in total. The molecule has 2 rings (SSSR count). The van der Waals surface area contributed by atoms with Crippen molar-refractivity contribution in [3.05, 3.63) is 46.8 Å². The Labute approximate surface area is 124 Å². The van der Waals surface area contributed by atoms with Crippen molar-refractivity contribution in [2.75, 3.05) is 12.3 Å². The van der Waals surface area contributed by atoms with E-state index in [1.165, 1.54) is 5.56 Å². The van der Waals surface area contributed by atoms with Gasteiger partial charge in [-0.05, 0) is 38.5 Å². The largest absolute Gasteiger partial charge is 0.465 e. The number of esters is 1. The van der Waals surface area contributed by atoms with E-state index in [4.69, 9.17) is 10.5 Å². The maximum absolute atomic E-state index is 11.6. The van der Waals surface area contributed by atoms with Crippen LogP contribution in [0.5, 0.6) is 0 Å². The second-order valence-corrected chi connectivity index (χ2v) is 5.03. The Morgan fingerprint density at radius 1 is 1.29 bits per heavy atom. The molecule has 112 valence electrons. The highest BCUT2D eigenvalue weighted by Gasteiger charge is 2.14. The quantitative estimate of drug-likeness (QED) is 0.676. The number of carbonyl (C=O) groups is 1. The SMILES string of the molecule is CCOC(=O)Cn1nc(C)c(Cc2ccc(N)cc2)c1C. The van der Waals surface area contributed by atoms with Gasteiger partial charge in [0.25, 0.3) is 0 Å². The number of anilines is 1. The standard InChI is InChI=1S/C16H21N3O2/c1-4-21-16(20)10-19-12(3)15(11(2)18-19)9-13-5-7-14(17)8-6-13/h5-8H,4,9-10,17H2,1-3H3. The van der Waals surface area contributed by atoms with Crippen molar-refractivity contribution in [1.82, 2.24) is 9.78 Å². The molecular formula is C16H21N3O2. The smallest absolute Gasteiger partial charge is 0.327 e. The third-order valence-electron chi connectivity index (χ3n) is 3.48. The molecule has 0 aliphatic rings. The summed E-state index contributed by atoms with van der Waals surface area (Å²) in [6, 6.07) is 7.81. The van der Waals surface area contributed by atoms with Gasteiger partial charge in [0.2, 0.25) is 0 Å². The van der Waals surface area contributed by atoms with E-state index < -0.39 is 0 Å². The molecule has 5 heteroatoms. The molecular weight excluding hydrogens is 266 g/mol. The van der Waals surface area contributed by atoms with Crippen LogP contribution in [0.3, 0.4) is 0 Å². The van der Waals surface area contributed by atoms with Gasteiger partial charge in [0, 0.05) is 23.4 Å². The van der Waals surface area contributed by atoms with Crippen LogP contribution >= 0.6 is 0 Å². The van der Waals surface area contributed by atoms with E-state index in [2.05, 4.69) is 5.10 Å². The fourth-order valence-electron chi connectivity index (χ4n) is 2.31. The molecule has 0 aliphatic carbocycles. The zero-order chi connectivity index (χ0) is 15.4. The molecule has 1 heterocycles. The van der Waals surface area contributed by atoms with Crippen LogP contribution in [0.4, 0.5) is 5.69 Å². The number of nitrogens with two attached hydrogens (primary N) is 1. The van der Waals surface area contributed by atoms with Crippen LogP contribution in [-0.2, 0) is 22.5 Å². The summed E-state index contributed by atoms with van der Waals surface area (Å²) in [5.74, 6) is -0.262. The summed E-state index contributed by atoms with van der Waals surface area (Å²) in [6.45, 7) is 6.28. The van der Waals surface area contributed by atoms with E-state index in [-0.39, 0.29) is 12.5 Å². The van der Waals surface area contributed by atoms with Gasteiger partial charge in [0.1, 0.15) is 6.54 Å². The Morgan fingerprint density at radius 2 is 1.95 bits per heavy atom. The Balaban J connectivity index is 2.18. The number of nitrogens with zero attached hydrogens (tertiary/aromatic N) is 2. The van der Waals surface area contributed by atoms with Gasteiger partial charge < -0.3 is 10.5 Å². The van der Waals surface area contributed by atoms with Crippen LogP contribution in [0, 0.1) is 13.8 Å². The monoisotopic (exact) mass is 287 g/mol. The van der Waals surface area contributed by atoms with Crippen molar-refractivity contribution in [3.8, 4) is 0 Å². The summed E-state index contributed by atoms with van der Waals surface area (Å²) in [6.07, 6.45) is 0.779. The van der Waals surface area contributed by atoms with Gasteiger partial charge in [-0.2, -0.15) is 5.10 Å². The number of aryl methyl sites for hydroxylation is 1.